The van der Waals surface area contributed by atoms with Gasteiger partial charge in [0, 0.05) is 18.8 Å². The fourth-order valence-corrected chi connectivity index (χ4v) is 4.31. The summed E-state index contributed by atoms with van der Waals surface area (Å²) in [6.07, 6.45) is 2.99. The summed E-state index contributed by atoms with van der Waals surface area (Å²) in [6.45, 7) is 3.18. The number of benzene rings is 1. The number of rotatable bonds is 4. The largest absolute Gasteiger partial charge is 0.399 e. The van der Waals surface area contributed by atoms with Gasteiger partial charge >= 0.3 is 0 Å². The van der Waals surface area contributed by atoms with Gasteiger partial charge < -0.3 is 5.73 Å². The number of anilines is 1. The van der Waals surface area contributed by atoms with Crippen LogP contribution in [0.1, 0.15) is 31.7 Å². The maximum atomic E-state index is 12.6. The lowest BCUT2D eigenvalue weighted by atomic mass is 10.0. The van der Waals surface area contributed by atoms with Crippen LogP contribution in [0.2, 0.25) is 0 Å². The van der Waals surface area contributed by atoms with Crippen LogP contribution in [0, 0.1) is 17.2 Å². The normalized spacial score (nSPS) is 19.9. The highest BCUT2D eigenvalue weighted by molar-refractivity contribution is 7.89. The molecule has 5 nitrogen and oxygen atoms in total. The molecule has 20 heavy (non-hydrogen) atoms. The van der Waals surface area contributed by atoms with Gasteiger partial charge in [0.15, 0.2) is 0 Å². The summed E-state index contributed by atoms with van der Waals surface area (Å²) in [5.74, 6) is 0.425. The number of sulfonamides is 1. The lowest BCUT2D eigenvalue weighted by Gasteiger charge is -2.17. The van der Waals surface area contributed by atoms with Crippen molar-refractivity contribution >= 4 is 15.7 Å². The van der Waals surface area contributed by atoms with Crippen LogP contribution >= 0.6 is 0 Å². The molecule has 2 rings (SSSR count). The molecule has 1 atom stereocenters. The summed E-state index contributed by atoms with van der Waals surface area (Å²) in [5, 5.41) is 9.10. The second-order valence-corrected chi connectivity index (χ2v) is 7.08. The molecule has 0 aromatic heterocycles. The molecule has 1 aliphatic rings. The van der Waals surface area contributed by atoms with Gasteiger partial charge in [0.2, 0.25) is 10.0 Å². The topological polar surface area (TPSA) is 87.2 Å². The van der Waals surface area contributed by atoms with E-state index in [2.05, 4.69) is 6.92 Å². The van der Waals surface area contributed by atoms with Crippen molar-refractivity contribution in [3.05, 3.63) is 23.8 Å². The summed E-state index contributed by atoms with van der Waals surface area (Å²) in [7, 11) is -3.59. The molecule has 0 bridgehead atoms. The third kappa shape index (κ3) is 2.79. The predicted octanol–water partition coefficient (Wildman–Crippen LogP) is 1.95. The molecule has 0 saturated carbocycles. The average molecular weight is 293 g/mol. The Hall–Kier alpha value is -1.58. The van der Waals surface area contributed by atoms with Crippen LogP contribution in [-0.2, 0) is 10.0 Å². The first kappa shape index (κ1) is 14.8. The number of nitrogens with zero attached hydrogens (tertiary/aromatic N) is 2. The average Bonchev–Trinajstić information content (AvgIpc) is 2.88. The number of nitrogens with two attached hydrogens (primary N) is 1. The molecule has 0 amide bonds. The Bertz CT molecular complexity index is 634. The zero-order chi connectivity index (χ0) is 14.8. The number of hydrogen-bond donors (Lipinski definition) is 1. The monoisotopic (exact) mass is 293 g/mol. The van der Waals surface area contributed by atoms with E-state index in [1.165, 1.54) is 22.5 Å². The molecule has 1 aromatic carbocycles. The van der Waals surface area contributed by atoms with Gasteiger partial charge in [-0.2, -0.15) is 9.57 Å². The third-order valence-corrected chi connectivity index (χ3v) is 5.61. The van der Waals surface area contributed by atoms with E-state index in [0.717, 1.165) is 19.3 Å². The van der Waals surface area contributed by atoms with Gasteiger partial charge in [-0.15, -0.1) is 0 Å². The Morgan fingerprint density at radius 3 is 2.90 bits per heavy atom. The molecular weight excluding hydrogens is 274 g/mol. The van der Waals surface area contributed by atoms with Crippen molar-refractivity contribution in [2.45, 2.75) is 31.1 Å². The molecule has 1 saturated heterocycles. The second kappa shape index (κ2) is 5.81. The van der Waals surface area contributed by atoms with Gasteiger partial charge in [-0.1, -0.05) is 13.3 Å². The van der Waals surface area contributed by atoms with E-state index in [1.807, 2.05) is 6.07 Å². The molecule has 2 N–H and O–H groups in total. The molecule has 1 aromatic rings. The Kier molecular flexibility index (Phi) is 4.31. The minimum atomic E-state index is -3.59. The van der Waals surface area contributed by atoms with Crippen molar-refractivity contribution < 1.29 is 8.42 Å². The Balaban J connectivity index is 2.30. The summed E-state index contributed by atoms with van der Waals surface area (Å²) in [5.41, 5.74) is 6.11. The van der Waals surface area contributed by atoms with Crippen LogP contribution in [-0.4, -0.2) is 25.8 Å². The van der Waals surface area contributed by atoms with Crippen molar-refractivity contribution in [3.63, 3.8) is 0 Å². The lowest BCUT2D eigenvalue weighted by Crippen LogP contribution is -2.29. The highest BCUT2D eigenvalue weighted by Crippen LogP contribution is 2.28. The Labute approximate surface area is 120 Å². The van der Waals surface area contributed by atoms with E-state index in [1.54, 1.807) is 0 Å². The first-order chi connectivity index (χ1) is 9.48. The lowest BCUT2D eigenvalue weighted by molar-refractivity contribution is 0.444. The maximum Gasteiger partial charge on any atom is 0.244 e. The van der Waals surface area contributed by atoms with Crippen molar-refractivity contribution in [2.24, 2.45) is 5.92 Å². The van der Waals surface area contributed by atoms with E-state index >= 15 is 0 Å². The molecule has 1 fully saturated rings. The van der Waals surface area contributed by atoms with Crippen molar-refractivity contribution in [2.75, 3.05) is 18.8 Å². The number of nitrogen functional groups attached to an aromatic ring is 1. The standard InChI is InChI=1S/C14H19N3O2S/c1-2-3-11-6-7-17(10-11)20(18,19)14-5-4-13(16)8-12(14)9-15/h4-5,8,11H,2-3,6-7,10,16H2,1H3. The van der Waals surface area contributed by atoms with Crippen molar-refractivity contribution in [3.8, 4) is 6.07 Å². The highest BCUT2D eigenvalue weighted by atomic mass is 32.2. The van der Waals surface area contributed by atoms with Crippen molar-refractivity contribution in [1.29, 1.82) is 5.26 Å². The summed E-state index contributed by atoms with van der Waals surface area (Å²) in [6, 6.07) is 6.27. The van der Waals surface area contributed by atoms with E-state index in [0.29, 0.717) is 24.7 Å². The summed E-state index contributed by atoms with van der Waals surface area (Å²) in [4.78, 5) is 0.0614. The van der Waals surface area contributed by atoms with Gasteiger partial charge in [-0.05, 0) is 37.0 Å². The molecule has 1 unspecified atom stereocenters. The van der Waals surface area contributed by atoms with Gasteiger partial charge in [0.05, 0.1) is 5.56 Å². The molecule has 0 aliphatic carbocycles. The van der Waals surface area contributed by atoms with Gasteiger partial charge in [0.1, 0.15) is 11.0 Å². The highest BCUT2D eigenvalue weighted by Gasteiger charge is 2.33. The second-order valence-electron chi connectivity index (χ2n) is 5.17. The van der Waals surface area contributed by atoms with E-state index in [4.69, 9.17) is 11.0 Å². The smallest absolute Gasteiger partial charge is 0.244 e. The minimum absolute atomic E-state index is 0.0614. The molecule has 1 aliphatic heterocycles. The molecule has 6 heteroatoms. The van der Waals surface area contributed by atoms with Gasteiger partial charge in [-0.25, -0.2) is 8.42 Å². The molecular formula is C14H19N3O2S. The summed E-state index contributed by atoms with van der Waals surface area (Å²) < 4.78 is 26.7. The fourth-order valence-electron chi connectivity index (χ4n) is 2.66. The number of nitriles is 1. The van der Waals surface area contributed by atoms with Crippen LogP contribution in [0.3, 0.4) is 0 Å². The molecule has 0 spiro atoms. The SMILES string of the molecule is CCCC1CCN(S(=O)(=O)c2ccc(N)cc2C#N)C1. The Morgan fingerprint density at radius 2 is 2.25 bits per heavy atom. The van der Waals surface area contributed by atoms with E-state index < -0.39 is 10.0 Å². The van der Waals surface area contributed by atoms with E-state index in [9.17, 15) is 8.42 Å². The van der Waals surface area contributed by atoms with Crippen LogP contribution in [0.15, 0.2) is 23.1 Å². The predicted molar refractivity (Wildman–Crippen MR) is 77.3 cm³/mol. The molecule has 108 valence electrons. The number of hydrogen-bond acceptors (Lipinski definition) is 4. The van der Waals surface area contributed by atoms with Crippen LogP contribution in [0.5, 0.6) is 0 Å². The third-order valence-electron chi connectivity index (χ3n) is 3.69. The summed E-state index contributed by atoms with van der Waals surface area (Å²) >= 11 is 0. The van der Waals surface area contributed by atoms with Crippen molar-refractivity contribution in [1.82, 2.24) is 4.31 Å². The zero-order valence-corrected chi connectivity index (χ0v) is 12.4. The van der Waals surface area contributed by atoms with Gasteiger partial charge in [0.25, 0.3) is 0 Å². The zero-order valence-electron chi connectivity index (χ0n) is 11.5. The van der Waals surface area contributed by atoms with Gasteiger partial charge in [-0.3, -0.25) is 0 Å². The fraction of sp³-hybridized carbons (Fsp3) is 0.500. The minimum Gasteiger partial charge on any atom is -0.399 e. The quantitative estimate of drug-likeness (QED) is 0.859. The first-order valence-electron chi connectivity index (χ1n) is 6.78. The molecule has 0 radical (unpaired) electrons. The Morgan fingerprint density at radius 1 is 1.50 bits per heavy atom. The van der Waals surface area contributed by atoms with Crippen LogP contribution in [0.4, 0.5) is 5.69 Å². The first-order valence-corrected chi connectivity index (χ1v) is 8.22. The van der Waals surface area contributed by atoms with Crippen LogP contribution in [0.25, 0.3) is 0 Å². The van der Waals surface area contributed by atoms with Crippen LogP contribution < -0.4 is 5.73 Å². The molecule has 1 heterocycles. The van der Waals surface area contributed by atoms with E-state index in [-0.39, 0.29) is 10.5 Å². The maximum absolute atomic E-state index is 12.6.